The minimum absolute atomic E-state index is 0.175. The lowest BCUT2D eigenvalue weighted by Crippen LogP contribution is -2.49. The molecule has 4 rings (SSSR count). The number of aromatic nitrogens is 3. The van der Waals surface area contributed by atoms with Crippen LogP contribution in [0.15, 0.2) is 53.6 Å². The Morgan fingerprint density at radius 2 is 1.61 bits per heavy atom. The number of ether oxygens (including phenoxy) is 2. The third kappa shape index (κ3) is 4.99. The van der Waals surface area contributed by atoms with Gasteiger partial charge in [-0.1, -0.05) is 6.07 Å². The lowest BCUT2D eigenvalue weighted by molar-refractivity contribution is 0.353. The van der Waals surface area contributed by atoms with Crippen LogP contribution in [-0.2, 0) is 10.0 Å². The molecule has 1 aliphatic heterocycles. The average molecular weight is 471 g/mol. The first-order valence-electron chi connectivity index (χ1n) is 10.4. The molecule has 0 spiro atoms. The molecule has 0 saturated carbocycles. The zero-order chi connectivity index (χ0) is 23.4. The van der Waals surface area contributed by atoms with Crippen LogP contribution in [0.4, 0.5) is 17.5 Å². The number of aryl methyl sites for hydroxylation is 1. The molecule has 0 unspecified atom stereocenters. The number of benzene rings is 1. The summed E-state index contributed by atoms with van der Waals surface area (Å²) in [6.07, 6.45) is 1.78. The highest BCUT2D eigenvalue weighted by Gasteiger charge is 2.29. The molecule has 2 aromatic heterocycles. The van der Waals surface area contributed by atoms with E-state index in [0.717, 1.165) is 5.56 Å². The lowest BCUT2D eigenvalue weighted by Gasteiger charge is -2.34. The second-order valence-corrected chi connectivity index (χ2v) is 9.47. The number of methoxy groups -OCH3 is 2. The number of pyridine rings is 1. The van der Waals surface area contributed by atoms with Crippen molar-refractivity contribution >= 4 is 27.5 Å². The quantitative estimate of drug-likeness (QED) is 0.557. The number of hydrogen-bond donors (Lipinski definition) is 1. The van der Waals surface area contributed by atoms with Crippen molar-refractivity contribution in [1.29, 1.82) is 0 Å². The lowest BCUT2D eigenvalue weighted by atomic mass is 10.3. The summed E-state index contributed by atoms with van der Waals surface area (Å²) in [7, 11) is -0.663. The Morgan fingerprint density at radius 1 is 0.879 bits per heavy atom. The molecule has 0 atom stereocenters. The first-order chi connectivity index (χ1) is 15.9. The highest BCUT2D eigenvalue weighted by atomic mass is 32.2. The monoisotopic (exact) mass is 470 g/mol. The van der Waals surface area contributed by atoms with Gasteiger partial charge in [0.2, 0.25) is 10.0 Å². The number of piperazine rings is 1. The summed E-state index contributed by atoms with van der Waals surface area (Å²) >= 11 is 0. The number of nitrogens with one attached hydrogen (secondary N) is 1. The number of rotatable bonds is 7. The van der Waals surface area contributed by atoms with Gasteiger partial charge in [-0.3, -0.25) is 0 Å². The van der Waals surface area contributed by atoms with Crippen molar-refractivity contribution in [2.24, 2.45) is 0 Å². The van der Waals surface area contributed by atoms with Crippen LogP contribution in [0.25, 0.3) is 0 Å². The maximum Gasteiger partial charge on any atom is 0.243 e. The van der Waals surface area contributed by atoms with Crippen LogP contribution in [-0.4, -0.2) is 68.3 Å². The Morgan fingerprint density at radius 3 is 2.21 bits per heavy atom. The van der Waals surface area contributed by atoms with Gasteiger partial charge in [-0.2, -0.15) is 4.31 Å². The maximum atomic E-state index is 13.1. The zero-order valence-corrected chi connectivity index (χ0v) is 19.5. The number of hydrogen-bond acceptors (Lipinski definition) is 9. The fraction of sp³-hybridized carbons (Fsp3) is 0.318. The van der Waals surface area contributed by atoms with E-state index in [1.54, 1.807) is 12.3 Å². The van der Waals surface area contributed by atoms with Crippen molar-refractivity contribution in [2.75, 3.05) is 50.6 Å². The predicted octanol–water partition coefficient (Wildman–Crippen LogP) is 2.45. The number of anilines is 3. The summed E-state index contributed by atoms with van der Waals surface area (Å²) in [5, 5.41) is 11.6. The van der Waals surface area contributed by atoms with Gasteiger partial charge >= 0.3 is 0 Å². The summed E-state index contributed by atoms with van der Waals surface area (Å²) in [6.45, 7) is 3.67. The fourth-order valence-electron chi connectivity index (χ4n) is 3.52. The van der Waals surface area contributed by atoms with E-state index in [1.165, 1.54) is 30.7 Å². The molecule has 1 fully saturated rings. The van der Waals surface area contributed by atoms with Gasteiger partial charge in [-0.15, -0.1) is 10.2 Å². The fourth-order valence-corrected chi connectivity index (χ4v) is 4.96. The number of nitrogens with zero attached hydrogens (tertiary/aromatic N) is 5. The standard InChI is InChI=1S/C22H26N6O4S/c1-16-4-7-20(23-15-16)24-21-8-9-22(26-25-21)27-10-12-28(13-11-27)33(29,30)17-5-6-18(31-2)19(14-17)32-3/h4-9,14-15H,10-13H2,1-3H3,(H,23,24,25). The average Bonchev–Trinajstić information content (AvgIpc) is 2.85. The zero-order valence-electron chi connectivity index (χ0n) is 18.7. The van der Waals surface area contributed by atoms with Crippen molar-refractivity contribution in [1.82, 2.24) is 19.5 Å². The van der Waals surface area contributed by atoms with Crippen molar-refractivity contribution in [2.45, 2.75) is 11.8 Å². The third-order valence-electron chi connectivity index (χ3n) is 5.37. The van der Waals surface area contributed by atoms with E-state index >= 15 is 0 Å². The normalized spacial score (nSPS) is 14.7. The summed E-state index contributed by atoms with van der Waals surface area (Å²) < 4.78 is 38.1. The van der Waals surface area contributed by atoms with E-state index < -0.39 is 10.0 Å². The smallest absolute Gasteiger partial charge is 0.243 e. The van der Waals surface area contributed by atoms with Crippen LogP contribution in [0.3, 0.4) is 0 Å². The first kappa shape index (κ1) is 22.7. The van der Waals surface area contributed by atoms with E-state index in [-0.39, 0.29) is 4.90 Å². The predicted molar refractivity (Wildman–Crippen MR) is 125 cm³/mol. The molecule has 174 valence electrons. The summed E-state index contributed by atoms with van der Waals surface area (Å²) in [6, 6.07) is 12.2. The van der Waals surface area contributed by atoms with Crippen molar-refractivity contribution in [3.05, 3.63) is 54.2 Å². The van der Waals surface area contributed by atoms with E-state index in [1.807, 2.05) is 36.1 Å². The van der Waals surface area contributed by atoms with Crippen LogP contribution >= 0.6 is 0 Å². The van der Waals surface area contributed by atoms with Crippen LogP contribution < -0.4 is 19.7 Å². The SMILES string of the molecule is COc1ccc(S(=O)(=O)N2CCN(c3ccc(Nc4ccc(C)cn4)nn3)CC2)cc1OC. The topological polar surface area (TPSA) is 110 Å². The van der Waals surface area contributed by atoms with E-state index in [0.29, 0.717) is 55.1 Å². The molecule has 11 heteroatoms. The molecular weight excluding hydrogens is 444 g/mol. The molecule has 1 N–H and O–H groups in total. The second-order valence-electron chi connectivity index (χ2n) is 7.53. The van der Waals surface area contributed by atoms with E-state index in [9.17, 15) is 8.42 Å². The molecule has 3 heterocycles. The van der Waals surface area contributed by atoms with Gasteiger partial charge in [0.15, 0.2) is 23.1 Å². The van der Waals surface area contributed by atoms with Gasteiger partial charge in [-0.05, 0) is 42.8 Å². The minimum atomic E-state index is -3.65. The molecule has 1 aromatic carbocycles. The summed E-state index contributed by atoms with van der Waals surface area (Å²) in [4.78, 5) is 6.49. The molecule has 1 aliphatic rings. The molecule has 10 nitrogen and oxygen atoms in total. The Balaban J connectivity index is 1.39. The summed E-state index contributed by atoms with van der Waals surface area (Å²) in [5.41, 5.74) is 1.08. The van der Waals surface area contributed by atoms with Gasteiger partial charge in [0.1, 0.15) is 5.82 Å². The minimum Gasteiger partial charge on any atom is -0.493 e. The molecule has 0 bridgehead atoms. The van der Waals surface area contributed by atoms with Crippen LogP contribution in [0.1, 0.15) is 5.56 Å². The van der Waals surface area contributed by atoms with E-state index in [4.69, 9.17) is 9.47 Å². The molecule has 33 heavy (non-hydrogen) atoms. The third-order valence-corrected chi connectivity index (χ3v) is 7.27. The molecule has 3 aromatic rings. The molecule has 0 aliphatic carbocycles. The van der Waals surface area contributed by atoms with Gasteiger partial charge in [0, 0.05) is 38.4 Å². The Labute approximate surface area is 193 Å². The van der Waals surface area contributed by atoms with Crippen molar-refractivity contribution in [3.63, 3.8) is 0 Å². The number of sulfonamides is 1. The van der Waals surface area contributed by atoms with Crippen LogP contribution in [0, 0.1) is 6.92 Å². The van der Waals surface area contributed by atoms with Crippen LogP contribution in [0.5, 0.6) is 11.5 Å². The first-order valence-corrected chi connectivity index (χ1v) is 11.9. The molecular formula is C22H26N6O4S. The largest absolute Gasteiger partial charge is 0.493 e. The maximum absolute atomic E-state index is 13.1. The molecule has 1 saturated heterocycles. The highest BCUT2D eigenvalue weighted by Crippen LogP contribution is 2.31. The molecule has 0 radical (unpaired) electrons. The van der Waals surface area contributed by atoms with Crippen molar-refractivity contribution in [3.8, 4) is 11.5 Å². The van der Waals surface area contributed by atoms with Gasteiger partial charge in [0.05, 0.1) is 19.1 Å². The Bertz CT molecular complexity index is 1190. The van der Waals surface area contributed by atoms with Crippen molar-refractivity contribution < 1.29 is 17.9 Å². The highest BCUT2D eigenvalue weighted by molar-refractivity contribution is 7.89. The summed E-state index contributed by atoms with van der Waals surface area (Å²) in [5.74, 6) is 2.83. The van der Waals surface area contributed by atoms with Gasteiger partial charge in [0.25, 0.3) is 0 Å². The van der Waals surface area contributed by atoms with Gasteiger partial charge in [-0.25, -0.2) is 13.4 Å². The Kier molecular flexibility index (Phi) is 6.61. The Hall–Kier alpha value is -3.44. The van der Waals surface area contributed by atoms with Crippen LogP contribution in [0.2, 0.25) is 0 Å². The van der Waals surface area contributed by atoms with E-state index in [2.05, 4.69) is 20.5 Å². The molecule has 0 amide bonds. The van der Waals surface area contributed by atoms with Gasteiger partial charge < -0.3 is 19.7 Å². The second kappa shape index (κ2) is 9.59.